The van der Waals surface area contributed by atoms with E-state index in [2.05, 4.69) is 9.97 Å². The summed E-state index contributed by atoms with van der Waals surface area (Å²) >= 11 is 0. The van der Waals surface area contributed by atoms with Crippen molar-refractivity contribution in [2.24, 2.45) is 5.73 Å². The van der Waals surface area contributed by atoms with Gasteiger partial charge in [0.15, 0.2) is 0 Å². The summed E-state index contributed by atoms with van der Waals surface area (Å²) in [5, 5.41) is 0. The Labute approximate surface area is 77.2 Å². The second-order valence-corrected chi connectivity index (χ2v) is 2.96. The Bertz CT molecular complexity index is 240. The van der Waals surface area contributed by atoms with Gasteiger partial charge >= 0.3 is 0 Å². The molecule has 0 aliphatic heterocycles. The number of nitrogens with two attached hydrogens (primary N) is 1. The number of rotatable bonds is 4. The smallest absolute Gasteiger partial charge is 0.129 e. The van der Waals surface area contributed by atoms with E-state index in [1.807, 2.05) is 0 Å². The Balaban J connectivity index is 2.50. The molecule has 0 saturated heterocycles. The Kier molecular flexibility index (Phi) is 3.76. The van der Waals surface area contributed by atoms with Crippen molar-refractivity contribution in [1.82, 2.24) is 9.97 Å². The van der Waals surface area contributed by atoms with Gasteiger partial charge in [-0.2, -0.15) is 0 Å². The van der Waals surface area contributed by atoms with E-state index in [-0.39, 0.29) is 0 Å². The summed E-state index contributed by atoms with van der Waals surface area (Å²) in [5.74, 6) is 0.603. The predicted molar refractivity (Wildman–Crippen MR) is 48.9 cm³/mol. The summed E-state index contributed by atoms with van der Waals surface area (Å²) < 4.78 is 13.0. The molecule has 1 aromatic heterocycles. The first-order chi connectivity index (χ1) is 6.24. The Morgan fingerprint density at radius 2 is 2.08 bits per heavy atom. The van der Waals surface area contributed by atoms with Crippen LogP contribution in [0.25, 0.3) is 0 Å². The molecule has 0 aromatic carbocycles. The van der Waals surface area contributed by atoms with E-state index < -0.39 is 12.2 Å². The molecule has 0 saturated carbocycles. The molecular formula is C9H14FN3. The molecule has 1 aromatic rings. The zero-order valence-electron chi connectivity index (χ0n) is 7.65. The average Bonchev–Trinajstić information content (AvgIpc) is 2.18. The second kappa shape index (κ2) is 4.87. The standard InChI is InChI=1S/C9H14FN3/c1-2-7(10)8(11)6-9-12-4-3-5-13-9/h3-5,7-8H,2,6,11H2,1H3/t7-,8-/m1/s1. The molecule has 0 aliphatic carbocycles. The third-order valence-electron chi connectivity index (χ3n) is 1.89. The van der Waals surface area contributed by atoms with Gasteiger partial charge in [-0.15, -0.1) is 0 Å². The second-order valence-electron chi connectivity index (χ2n) is 2.96. The summed E-state index contributed by atoms with van der Waals surface area (Å²) in [6, 6.07) is 1.23. The molecule has 13 heavy (non-hydrogen) atoms. The minimum Gasteiger partial charge on any atom is -0.325 e. The van der Waals surface area contributed by atoms with Crippen LogP contribution >= 0.6 is 0 Å². The van der Waals surface area contributed by atoms with Crippen LogP contribution in [0.3, 0.4) is 0 Å². The maximum absolute atomic E-state index is 13.0. The van der Waals surface area contributed by atoms with Crippen molar-refractivity contribution in [3.05, 3.63) is 24.3 Å². The molecule has 2 atom stereocenters. The van der Waals surface area contributed by atoms with E-state index >= 15 is 0 Å². The molecule has 0 bridgehead atoms. The molecule has 0 amide bonds. The first kappa shape index (κ1) is 10.1. The molecule has 1 heterocycles. The van der Waals surface area contributed by atoms with Crippen LogP contribution < -0.4 is 5.73 Å². The van der Waals surface area contributed by atoms with Crippen LogP contribution in [0.1, 0.15) is 19.2 Å². The fourth-order valence-corrected chi connectivity index (χ4v) is 1.08. The van der Waals surface area contributed by atoms with E-state index in [0.29, 0.717) is 18.7 Å². The molecule has 0 radical (unpaired) electrons. The lowest BCUT2D eigenvalue weighted by molar-refractivity contribution is 0.270. The van der Waals surface area contributed by atoms with Gasteiger partial charge < -0.3 is 5.73 Å². The van der Waals surface area contributed by atoms with E-state index in [4.69, 9.17) is 5.73 Å². The zero-order chi connectivity index (χ0) is 9.68. The molecular weight excluding hydrogens is 169 g/mol. The van der Waals surface area contributed by atoms with Crippen LogP contribution in [0.5, 0.6) is 0 Å². The van der Waals surface area contributed by atoms with Gasteiger partial charge in [-0.3, -0.25) is 0 Å². The van der Waals surface area contributed by atoms with E-state index in [1.54, 1.807) is 25.4 Å². The summed E-state index contributed by atoms with van der Waals surface area (Å²) in [7, 11) is 0. The van der Waals surface area contributed by atoms with Gasteiger partial charge in [0.25, 0.3) is 0 Å². The number of halogens is 1. The van der Waals surface area contributed by atoms with Crippen LogP contribution in [0.15, 0.2) is 18.5 Å². The lowest BCUT2D eigenvalue weighted by Crippen LogP contribution is -2.33. The fraction of sp³-hybridized carbons (Fsp3) is 0.556. The Morgan fingerprint density at radius 1 is 1.46 bits per heavy atom. The van der Waals surface area contributed by atoms with Gasteiger partial charge in [0.05, 0.1) is 0 Å². The number of aromatic nitrogens is 2. The first-order valence-electron chi connectivity index (χ1n) is 4.39. The van der Waals surface area contributed by atoms with Gasteiger partial charge in [0.1, 0.15) is 12.0 Å². The average molecular weight is 183 g/mol. The molecule has 72 valence electrons. The van der Waals surface area contributed by atoms with Gasteiger partial charge in [-0.05, 0) is 12.5 Å². The maximum atomic E-state index is 13.0. The normalized spacial score (nSPS) is 15.3. The van der Waals surface area contributed by atoms with Crippen molar-refractivity contribution in [1.29, 1.82) is 0 Å². The van der Waals surface area contributed by atoms with E-state index in [1.165, 1.54) is 0 Å². The van der Waals surface area contributed by atoms with Crippen LogP contribution in [0.2, 0.25) is 0 Å². The molecule has 1 rings (SSSR count). The first-order valence-corrected chi connectivity index (χ1v) is 4.39. The van der Waals surface area contributed by atoms with Crippen molar-refractivity contribution in [2.45, 2.75) is 32.0 Å². The SMILES string of the molecule is CC[C@@H](F)[C@H](N)Cc1ncccn1. The number of hydrogen-bond donors (Lipinski definition) is 1. The topological polar surface area (TPSA) is 51.8 Å². The molecule has 0 spiro atoms. The lowest BCUT2D eigenvalue weighted by Gasteiger charge is -2.13. The molecule has 0 unspecified atom stereocenters. The number of alkyl halides is 1. The number of nitrogens with zero attached hydrogens (tertiary/aromatic N) is 2. The van der Waals surface area contributed by atoms with Crippen LogP contribution in [0.4, 0.5) is 4.39 Å². The zero-order valence-corrected chi connectivity index (χ0v) is 7.65. The third-order valence-corrected chi connectivity index (χ3v) is 1.89. The van der Waals surface area contributed by atoms with Crippen molar-refractivity contribution >= 4 is 0 Å². The van der Waals surface area contributed by atoms with Crippen molar-refractivity contribution in [2.75, 3.05) is 0 Å². The largest absolute Gasteiger partial charge is 0.325 e. The Morgan fingerprint density at radius 3 is 2.62 bits per heavy atom. The highest BCUT2D eigenvalue weighted by Crippen LogP contribution is 2.05. The van der Waals surface area contributed by atoms with Gasteiger partial charge in [0, 0.05) is 24.9 Å². The van der Waals surface area contributed by atoms with E-state index in [9.17, 15) is 4.39 Å². The predicted octanol–water partition coefficient (Wildman–Crippen LogP) is 1.09. The van der Waals surface area contributed by atoms with Gasteiger partial charge in [-0.25, -0.2) is 14.4 Å². The monoisotopic (exact) mass is 183 g/mol. The fourth-order valence-electron chi connectivity index (χ4n) is 1.08. The van der Waals surface area contributed by atoms with Gasteiger partial charge in [0.2, 0.25) is 0 Å². The molecule has 4 heteroatoms. The lowest BCUT2D eigenvalue weighted by atomic mass is 10.1. The van der Waals surface area contributed by atoms with Crippen molar-refractivity contribution < 1.29 is 4.39 Å². The number of hydrogen-bond acceptors (Lipinski definition) is 3. The minimum atomic E-state index is -0.969. The Hall–Kier alpha value is -1.03. The minimum absolute atomic E-state index is 0.399. The molecule has 0 fully saturated rings. The van der Waals surface area contributed by atoms with Crippen molar-refractivity contribution in [3.63, 3.8) is 0 Å². The third kappa shape index (κ3) is 3.06. The maximum Gasteiger partial charge on any atom is 0.129 e. The summed E-state index contributed by atoms with van der Waals surface area (Å²) in [5.41, 5.74) is 5.60. The highest BCUT2D eigenvalue weighted by atomic mass is 19.1. The summed E-state index contributed by atoms with van der Waals surface area (Å²) in [4.78, 5) is 7.96. The quantitative estimate of drug-likeness (QED) is 0.760. The van der Waals surface area contributed by atoms with Gasteiger partial charge in [-0.1, -0.05) is 6.92 Å². The van der Waals surface area contributed by atoms with Crippen LogP contribution in [-0.4, -0.2) is 22.2 Å². The highest BCUT2D eigenvalue weighted by Gasteiger charge is 2.15. The van der Waals surface area contributed by atoms with E-state index in [0.717, 1.165) is 0 Å². The summed E-state index contributed by atoms with van der Waals surface area (Å²) in [6.07, 6.45) is 3.13. The molecule has 0 aliphatic rings. The van der Waals surface area contributed by atoms with Crippen LogP contribution in [0, 0.1) is 0 Å². The molecule has 2 N–H and O–H groups in total. The summed E-state index contributed by atoms with van der Waals surface area (Å²) in [6.45, 7) is 1.77. The van der Waals surface area contributed by atoms with Crippen LogP contribution in [-0.2, 0) is 6.42 Å². The van der Waals surface area contributed by atoms with Crippen molar-refractivity contribution in [3.8, 4) is 0 Å². The molecule has 3 nitrogen and oxygen atoms in total. The highest BCUT2D eigenvalue weighted by molar-refractivity contribution is 4.92.